The normalized spacial score (nSPS) is 52.8. The Morgan fingerprint density at radius 2 is 1.51 bits per heavy atom. The number of hydrogen-bond donors (Lipinski definition) is 2. The molecule has 14 atom stereocenters. The molecule has 4 saturated carbocycles. The molecular formula is C33H56O6. The summed E-state index contributed by atoms with van der Waals surface area (Å²) in [5, 5.41) is 22.9. The molecule has 6 aliphatic rings. The Bertz CT molecular complexity index is 1110. The fraction of sp³-hybridized carbons (Fsp3) is 1.00. The largest absolute Gasteiger partial charge is 0.390 e. The fourth-order valence-corrected chi connectivity index (χ4v) is 11.1. The van der Waals surface area contributed by atoms with Gasteiger partial charge in [0.1, 0.15) is 0 Å². The van der Waals surface area contributed by atoms with Crippen molar-refractivity contribution >= 4 is 0 Å². The van der Waals surface area contributed by atoms with Crippen molar-refractivity contribution in [3.63, 3.8) is 0 Å². The summed E-state index contributed by atoms with van der Waals surface area (Å²) in [6.07, 6.45) is 3.54. The smallest absolute Gasteiger partial charge is 0.172 e. The first-order valence-electron chi connectivity index (χ1n) is 18.6. The van der Waals surface area contributed by atoms with Crippen molar-refractivity contribution < 1.29 is 37.4 Å². The molecule has 39 heavy (non-hydrogen) atoms. The highest BCUT2D eigenvalue weighted by molar-refractivity contribution is 5.16. The molecule has 1 spiro atoms. The Balaban J connectivity index is 1.26. The molecule has 2 aliphatic heterocycles. The third kappa shape index (κ3) is 4.32. The van der Waals surface area contributed by atoms with Crippen molar-refractivity contribution in [1.29, 1.82) is 0 Å². The fourth-order valence-electron chi connectivity index (χ4n) is 11.1. The van der Waals surface area contributed by atoms with Crippen LogP contribution < -0.4 is 0 Å². The second kappa shape index (κ2) is 9.64. The van der Waals surface area contributed by atoms with Crippen LogP contribution in [-0.4, -0.2) is 59.4 Å². The molecule has 2 heterocycles. The van der Waals surface area contributed by atoms with Gasteiger partial charge >= 0.3 is 0 Å². The lowest BCUT2D eigenvalue weighted by molar-refractivity contribution is -0.301. The average molecular weight is 555 g/mol. The van der Waals surface area contributed by atoms with Crippen molar-refractivity contribution in [2.24, 2.45) is 58.2 Å². The summed E-state index contributed by atoms with van der Waals surface area (Å²) in [6, 6.07) is 0. The van der Waals surface area contributed by atoms with E-state index in [1.54, 1.807) is 0 Å². The summed E-state index contributed by atoms with van der Waals surface area (Å²) >= 11 is 0. The van der Waals surface area contributed by atoms with Gasteiger partial charge in [-0.3, -0.25) is 0 Å². The van der Waals surface area contributed by atoms with Crippen LogP contribution in [0.15, 0.2) is 0 Å². The topological polar surface area (TPSA) is 77.4 Å². The molecule has 4 aliphatic carbocycles. The first-order chi connectivity index (χ1) is 20.6. The van der Waals surface area contributed by atoms with Crippen molar-refractivity contribution in [1.82, 2.24) is 0 Å². The first-order valence-corrected chi connectivity index (χ1v) is 15.6. The minimum Gasteiger partial charge on any atom is -0.390 e. The van der Waals surface area contributed by atoms with Gasteiger partial charge in [0.05, 0.1) is 37.6 Å². The zero-order valence-electron chi connectivity index (χ0n) is 30.8. The van der Waals surface area contributed by atoms with Gasteiger partial charge < -0.3 is 29.2 Å². The number of rotatable bonds is 5. The summed E-state index contributed by atoms with van der Waals surface area (Å²) in [5.41, 5.74) is -0.168. The van der Waals surface area contributed by atoms with Gasteiger partial charge in [-0.1, -0.05) is 41.4 Å². The summed E-state index contributed by atoms with van der Waals surface area (Å²) in [5.74, 6) is -3.04. The zero-order chi connectivity index (χ0) is 33.1. The predicted molar refractivity (Wildman–Crippen MR) is 150 cm³/mol. The SMILES string of the molecule is [2H]C([2H])([2H])C(C)C([C@@H](O)[C@H](O)[C@@H](C)[C@H]1CC[C@H]2[C@@H]3CC4(OCCO4)[C@H]4C[C@@H]5OC(C)(C)O[C@@H]5C[C@]4(C)[C@H]3CC[C@]12C)C([2H])([2H])[2H]. The standard InChI is InChI=1S/C33H56O6/c1-18(2)19(3)28(34)29(35)20(4)22-9-10-23-21-16-33(36-13-14-37-33)27-15-25-26(39-30(5,6)38-25)17-32(27,8)24(21)11-12-31(22,23)7/h18-29,34-35H,9-17H2,1-8H3/t19?,20-,21-,22+,23-,24-,25-,26+,27-,28+,29+,31+,32+/m0/s1/i1D3,3D3/t18?,19?,20-,21-,22+,23-,24-,25-,26+,27-,28+,29+,31+,32+. The van der Waals surface area contributed by atoms with E-state index in [4.69, 9.17) is 27.2 Å². The highest BCUT2D eigenvalue weighted by Crippen LogP contribution is 2.71. The van der Waals surface area contributed by atoms with Crippen molar-refractivity contribution in [3.05, 3.63) is 0 Å². The summed E-state index contributed by atoms with van der Waals surface area (Å²) in [7, 11) is 0. The molecule has 224 valence electrons. The lowest BCUT2D eigenvalue weighted by atomic mass is 9.42. The van der Waals surface area contributed by atoms with Crippen LogP contribution in [-0.2, 0) is 18.9 Å². The summed E-state index contributed by atoms with van der Waals surface area (Å²) < 4.78 is 73.8. The van der Waals surface area contributed by atoms with Gasteiger partial charge in [-0.25, -0.2) is 0 Å². The van der Waals surface area contributed by atoms with Gasteiger partial charge in [-0.15, -0.1) is 0 Å². The third-order valence-electron chi connectivity index (χ3n) is 12.8. The van der Waals surface area contributed by atoms with E-state index in [1.165, 1.54) is 6.92 Å². The molecule has 6 nitrogen and oxygen atoms in total. The van der Waals surface area contributed by atoms with Gasteiger partial charge in [-0.2, -0.15) is 0 Å². The Hall–Kier alpha value is -0.240. The Kier molecular flexibility index (Phi) is 5.52. The molecular weight excluding hydrogens is 492 g/mol. The number of hydrogen-bond acceptors (Lipinski definition) is 6. The predicted octanol–water partition coefficient (Wildman–Crippen LogP) is 5.78. The molecule has 2 saturated heterocycles. The molecule has 2 N–H and O–H groups in total. The zero-order valence-corrected chi connectivity index (χ0v) is 24.8. The summed E-state index contributed by atoms with van der Waals surface area (Å²) in [6.45, 7) is 7.92. The number of fused-ring (bicyclic) bond motifs is 7. The molecule has 0 amide bonds. The van der Waals surface area contributed by atoms with Crippen LogP contribution >= 0.6 is 0 Å². The highest BCUT2D eigenvalue weighted by atomic mass is 16.8. The van der Waals surface area contributed by atoms with E-state index in [-0.39, 0.29) is 34.9 Å². The Labute approximate surface area is 245 Å². The molecule has 2 unspecified atom stereocenters. The van der Waals surface area contributed by atoms with Crippen LogP contribution in [0, 0.1) is 58.2 Å². The molecule has 6 fully saturated rings. The van der Waals surface area contributed by atoms with Crippen LogP contribution in [0.1, 0.15) is 108 Å². The maximum atomic E-state index is 11.6. The second-order valence-corrected chi connectivity index (χ2v) is 15.2. The molecule has 0 bridgehead atoms. The van der Waals surface area contributed by atoms with Crippen LogP contribution in [0.5, 0.6) is 0 Å². The lowest BCUT2D eigenvalue weighted by Crippen LogP contribution is -2.65. The number of ether oxygens (including phenoxy) is 4. The molecule has 6 heteroatoms. The van der Waals surface area contributed by atoms with E-state index in [2.05, 4.69) is 13.8 Å². The van der Waals surface area contributed by atoms with Gasteiger partial charge in [0.2, 0.25) is 0 Å². The van der Waals surface area contributed by atoms with Gasteiger partial charge in [0.15, 0.2) is 11.6 Å². The van der Waals surface area contributed by atoms with Gasteiger partial charge in [0.25, 0.3) is 0 Å². The van der Waals surface area contributed by atoms with E-state index >= 15 is 0 Å². The molecule has 0 aromatic rings. The monoisotopic (exact) mass is 554 g/mol. The van der Waals surface area contributed by atoms with E-state index in [0.717, 1.165) is 44.9 Å². The van der Waals surface area contributed by atoms with Gasteiger partial charge in [-0.05, 0) is 105 Å². The van der Waals surface area contributed by atoms with Crippen LogP contribution in [0.4, 0.5) is 0 Å². The average Bonchev–Trinajstić information content (AvgIpc) is 3.59. The summed E-state index contributed by atoms with van der Waals surface area (Å²) in [4.78, 5) is 0. The lowest BCUT2D eigenvalue weighted by Gasteiger charge is -2.65. The molecule has 0 radical (unpaired) electrons. The molecule has 0 aromatic carbocycles. The van der Waals surface area contributed by atoms with Crippen LogP contribution in [0.2, 0.25) is 0 Å². The third-order valence-corrected chi connectivity index (χ3v) is 12.8. The van der Waals surface area contributed by atoms with Crippen LogP contribution in [0.25, 0.3) is 0 Å². The van der Waals surface area contributed by atoms with E-state index in [9.17, 15) is 10.2 Å². The maximum absolute atomic E-state index is 11.6. The maximum Gasteiger partial charge on any atom is 0.172 e. The Morgan fingerprint density at radius 3 is 2.21 bits per heavy atom. The number of aliphatic hydroxyl groups is 2. The quantitative estimate of drug-likeness (QED) is 0.449. The Morgan fingerprint density at radius 1 is 0.821 bits per heavy atom. The van der Waals surface area contributed by atoms with Crippen molar-refractivity contribution in [2.75, 3.05) is 13.2 Å². The van der Waals surface area contributed by atoms with Crippen molar-refractivity contribution in [2.45, 2.75) is 136 Å². The van der Waals surface area contributed by atoms with E-state index in [1.807, 2.05) is 20.8 Å². The second-order valence-electron chi connectivity index (χ2n) is 15.2. The highest BCUT2D eigenvalue weighted by Gasteiger charge is 2.70. The number of aliphatic hydroxyl groups excluding tert-OH is 2. The first kappa shape index (κ1) is 22.3. The molecule has 6 rings (SSSR count). The van der Waals surface area contributed by atoms with Crippen molar-refractivity contribution in [3.8, 4) is 0 Å². The van der Waals surface area contributed by atoms with Crippen LogP contribution in [0.3, 0.4) is 0 Å². The van der Waals surface area contributed by atoms with Gasteiger partial charge in [0, 0.05) is 20.6 Å². The molecule has 0 aromatic heterocycles. The minimum absolute atomic E-state index is 0.0320. The minimum atomic E-state index is -2.72. The van der Waals surface area contributed by atoms with E-state index in [0.29, 0.717) is 31.0 Å². The van der Waals surface area contributed by atoms with E-state index < -0.39 is 55.2 Å².